The van der Waals surface area contributed by atoms with Crippen LogP contribution in [0.5, 0.6) is 5.75 Å². The smallest absolute Gasteiger partial charge is 0.261 e. The Balaban J connectivity index is 1.27. The van der Waals surface area contributed by atoms with E-state index >= 15 is 0 Å². The van der Waals surface area contributed by atoms with Gasteiger partial charge in [-0.15, -0.1) is 0 Å². The molecule has 0 radical (unpaired) electrons. The van der Waals surface area contributed by atoms with Crippen molar-refractivity contribution in [2.24, 2.45) is 11.8 Å². The Labute approximate surface area is 446 Å². The Kier molecular flexibility index (Phi) is 20.7. The molecule has 0 spiro atoms. The fraction of sp³-hybridized carbons (Fsp3) is 0.574. The van der Waals surface area contributed by atoms with Gasteiger partial charge in [0.2, 0.25) is 8.32 Å². The molecular weight excluding hydrogens is 963 g/mol. The van der Waals surface area contributed by atoms with Crippen LogP contribution in [0.2, 0.25) is 21.7 Å². The predicted molar refractivity (Wildman–Crippen MR) is 301 cm³/mol. The van der Waals surface area contributed by atoms with Crippen LogP contribution in [0, 0.1) is 11.8 Å². The lowest BCUT2D eigenvalue weighted by atomic mass is 9.79. The molecule has 0 bridgehead atoms. The van der Waals surface area contributed by atoms with Crippen LogP contribution in [-0.2, 0) is 50.4 Å². The van der Waals surface area contributed by atoms with Gasteiger partial charge in [0.15, 0.2) is 11.7 Å². The molecule has 2 fully saturated rings. The first-order valence-electron chi connectivity index (χ1n) is 27.0. The number of carbonyl (C=O) groups is 1. The third-order valence-electron chi connectivity index (χ3n) is 16.1. The van der Waals surface area contributed by atoms with Crippen LogP contribution < -0.4 is 15.1 Å². The highest BCUT2D eigenvalue weighted by molar-refractivity contribution is 6.99. The van der Waals surface area contributed by atoms with E-state index in [2.05, 4.69) is 162 Å². The Morgan fingerprint density at radius 2 is 1.46 bits per heavy atom. The van der Waals surface area contributed by atoms with Gasteiger partial charge in [-0.2, -0.15) is 0 Å². The average Bonchev–Trinajstić information content (AvgIpc) is 3.82. The van der Waals surface area contributed by atoms with E-state index in [1.54, 1.807) is 27.6 Å². The summed E-state index contributed by atoms with van der Waals surface area (Å²) in [5, 5.41) is 2.35. The molecule has 0 saturated carbocycles. The third kappa shape index (κ3) is 13.4. The highest BCUT2D eigenvalue weighted by Gasteiger charge is 2.53. The lowest BCUT2D eigenvalue weighted by Crippen LogP contribution is -2.66. The number of aldehydes is 1. The zero-order valence-electron chi connectivity index (χ0n) is 47.5. The average molecular weight is 1050 g/mol. The first-order valence-corrected chi connectivity index (χ1v) is 31.1. The number of ether oxygens (including phenoxy) is 6. The molecule has 0 amide bonds. The van der Waals surface area contributed by atoms with E-state index in [4.69, 9.17) is 46.7 Å². The summed E-state index contributed by atoms with van der Waals surface area (Å²) in [6, 6.07) is 29.7. The molecule has 0 unspecified atom stereocenters. The molecule has 9 atom stereocenters. The van der Waals surface area contributed by atoms with Crippen LogP contribution in [0.1, 0.15) is 126 Å². The Hall–Kier alpha value is -4.03. The van der Waals surface area contributed by atoms with E-state index in [1.807, 2.05) is 25.1 Å². The molecule has 6 rings (SSSR count). The number of nitrogens with zero attached hydrogens (tertiary/aromatic N) is 1. The van der Waals surface area contributed by atoms with Crippen LogP contribution in [0.25, 0.3) is 6.08 Å². The second kappa shape index (κ2) is 25.9. The molecule has 11 nitrogen and oxygen atoms in total. The van der Waals surface area contributed by atoms with Crippen molar-refractivity contribution in [1.29, 1.82) is 0 Å². The topological polar surface area (TPSA) is 117 Å². The van der Waals surface area contributed by atoms with Crippen LogP contribution in [0.15, 0.2) is 113 Å². The normalized spacial score (nSPS) is 24.9. The molecule has 13 heteroatoms. The minimum atomic E-state index is -2.78. The fourth-order valence-electron chi connectivity index (χ4n) is 12.4. The number of methoxy groups -OCH3 is 3. The summed E-state index contributed by atoms with van der Waals surface area (Å²) in [7, 11) is -0.142. The summed E-state index contributed by atoms with van der Waals surface area (Å²) in [5.74, 6) is 0.218. The van der Waals surface area contributed by atoms with Crippen molar-refractivity contribution in [3.63, 3.8) is 0 Å². The summed E-state index contributed by atoms with van der Waals surface area (Å²) in [6.07, 6.45) is 6.79. The molecule has 2 saturated heterocycles. The quantitative estimate of drug-likeness (QED) is 0.0379. The second-order valence-corrected chi connectivity index (χ2v) is 32.7. The van der Waals surface area contributed by atoms with Crippen molar-refractivity contribution < 1.29 is 46.5 Å². The van der Waals surface area contributed by atoms with Crippen LogP contribution in [0.4, 0.5) is 0 Å². The van der Waals surface area contributed by atoms with Crippen molar-refractivity contribution in [2.45, 2.75) is 186 Å². The lowest BCUT2D eigenvalue weighted by molar-refractivity contribution is -0.297. The first-order chi connectivity index (χ1) is 35.2. The van der Waals surface area contributed by atoms with Gasteiger partial charge in [0.1, 0.15) is 24.0 Å². The van der Waals surface area contributed by atoms with E-state index in [-0.39, 0.29) is 47.7 Å². The maximum absolute atomic E-state index is 12.1. The molecule has 3 heterocycles. The molecule has 3 aromatic carbocycles. The van der Waals surface area contributed by atoms with E-state index in [1.165, 1.54) is 10.4 Å². The predicted octanol–water partition coefficient (Wildman–Crippen LogP) is 12.5. The Morgan fingerprint density at radius 1 is 0.851 bits per heavy atom. The molecule has 0 N–H and O–H groups in total. The lowest BCUT2D eigenvalue weighted by Gasteiger charge is -2.49. The number of hydrogen-bond donors (Lipinski definition) is 0. The van der Waals surface area contributed by atoms with Gasteiger partial charge in [-0.3, -0.25) is 4.79 Å². The van der Waals surface area contributed by atoms with Crippen molar-refractivity contribution in [1.82, 2.24) is 4.98 Å². The van der Waals surface area contributed by atoms with Crippen LogP contribution >= 0.6 is 0 Å². The maximum atomic E-state index is 12.1. The standard InChI is InChI=1S/C61H89NO10Si2/c1-41(2)73(42(3)4,43(5)6)72-56(33-44(7)38-63)55-35-51(65-15)36-61(66-16,71-55)37-57-62-49(40-67-57)34-45(8)58-47(10)59(68-39-48-27-29-50(64-14)30-28-48)46(9)54(70-58)31-32-69-74(60(11,12)13,52-23-19-17-20-24-52)53-25-21-18-22-26-53/h17-30,33-34,38,40-43,46-47,51,54-56,58-59H,31-32,35-37,39H2,1-16H3/b44-33+,45-34+/t46-,47-,51+,54+,55+,56+,58-,59-,61-/m0/s1. The van der Waals surface area contributed by atoms with Crippen molar-refractivity contribution in [3.8, 4) is 5.75 Å². The number of allylic oxidation sites excluding steroid dienone is 1. The van der Waals surface area contributed by atoms with Gasteiger partial charge in [-0.05, 0) is 93.3 Å². The summed E-state index contributed by atoms with van der Waals surface area (Å²) in [4.78, 5) is 17.2. The van der Waals surface area contributed by atoms with Gasteiger partial charge < -0.3 is 41.7 Å². The van der Waals surface area contributed by atoms with E-state index in [0.29, 0.717) is 66.3 Å². The molecule has 2 aliphatic heterocycles. The molecular formula is C61H89NO10Si2. The zero-order valence-corrected chi connectivity index (χ0v) is 49.5. The summed E-state index contributed by atoms with van der Waals surface area (Å²) < 4.78 is 60.1. The minimum absolute atomic E-state index is 0.00553. The number of hydrogen-bond acceptors (Lipinski definition) is 11. The molecule has 4 aromatic rings. The first kappa shape index (κ1) is 59.2. The van der Waals surface area contributed by atoms with E-state index < -0.39 is 34.6 Å². The van der Waals surface area contributed by atoms with Gasteiger partial charge in [-0.1, -0.05) is 149 Å². The fourth-order valence-corrected chi connectivity index (χ4v) is 22.5. The van der Waals surface area contributed by atoms with Gasteiger partial charge in [0, 0.05) is 45.5 Å². The third-order valence-corrected chi connectivity index (χ3v) is 27.2. The summed E-state index contributed by atoms with van der Waals surface area (Å²) in [6.45, 7) is 29.9. The van der Waals surface area contributed by atoms with Crippen LogP contribution in [-0.4, -0.2) is 98.3 Å². The molecule has 1 aromatic heterocycles. The monoisotopic (exact) mass is 1050 g/mol. The van der Waals surface area contributed by atoms with Crippen molar-refractivity contribution in [3.05, 3.63) is 126 Å². The Bertz CT molecular complexity index is 2350. The second-order valence-electron chi connectivity index (χ2n) is 23.0. The van der Waals surface area contributed by atoms with Gasteiger partial charge in [0.25, 0.3) is 8.32 Å². The SMILES string of the molecule is COc1ccc(CO[C@H]2[C@@H](C)[C@@H](CCO[Si](c3ccccc3)(c3ccccc3)C(C)(C)C)O[C@@H](/C(C)=C/c3coc(C[C@]4(OC)C[C@H](OC)C[C@H]([C@@H](/C=C(\C)C=O)O[Si](C(C)C)(C(C)C)C(C)C)O4)n3)[C@@H]2C)cc1. The highest BCUT2D eigenvalue weighted by Crippen LogP contribution is 2.46. The molecule has 406 valence electrons. The van der Waals surface area contributed by atoms with Crippen molar-refractivity contribution in [2.75, 3.05) is 27.9 Å². The number of carbonyl (C=O) groups excluding carboxylic acids is 1. The largest absolute Gasteiger partial charge is 0.497 e. The highest BCUT2D eigenvalue weighted by atomic mass is 28.4. The maximum Gasteiger partial charge on any atom is 0.261 e. The van der Waals surface area contributed by atoms with E-state index in [0.717, 1.165) is 23.2 Å². The minimum Gasteiger partial charge on any atom is -0.497 e. The van der Waals surface area contributed by atoms with Gasteiger partial charge >= 0.3 is 0 Å². The number of oxazole rings is 1. The number of benzene rings is 3. The molecule has 74 heavy (non-hydrogen) atoms. The summed E-state index contributed by atoms with van der Waals surface area (Å²) >= 11 is 0. The van der Waals surface area contributed by atoms with Gasteiger partial charge in [-0.25, -0.2) is 4.98 Å². The number of rotatable bonds is 24. The van der Waals surface area contributed by atoms with Crippen LogP contribution in [0.3, 0.4) is 0 Å². The Morgan fingerprint density at radius 3 is 1.99 bits per heavy atom. The molecule has 0 aliphatic carbocycles. The number of aromatic nitrogens is 1. The van der Waals surface area contributed by atoms with E-state index in [9.17, 15) is 4.79 Å². The van der Waals surface area contributed by atoms with Gasteiger partial charge in [0.05, 0.1) is 56.8 Å². The molecule has 2 aliphatic rings. The summed E-state index contributed by atoms with van der Waals surface area (Å²) in [5.41, 5.74) is 4.34. The van der Waals surface area contributed by atoms with Crippen molar-refractivity contribution >= 4 is 39.4 Å². The zero-order chi connectivity index (χ0) is 54.0.